The zero-order valence-corrected chi connectivity index (χ0v) is 12.7. The number of benzene rings is 1. The van der Waals surface area contributed by atoms with Crippen molar-refractivity contribution in [2.24, 2.45) is 0 Å². The number of hydrogen-bond acceptors (Lipinski definition) is 4. The van der Waals surface area contributed by atoms with Gasteiger partial charge >= 0.3 is 5.97 Å². The quantitative estimate of drug-likeness (QED) is 0.828. The molecule has 0 aliphatic carbocycles. The highest BCUT2D eigenvalue weighted by atomic mass is 16.5. The van der Waals surface area contributed by atoms with Crippen molar-refractivity contribution < 1.29 is 14.3 Å². The number of ether oxygens (including phenoxy) is 1. The number of nitrogens with zero attached hydrogens (tertiary/aromatic N) is 1. The van der Waals surface area contributed by atoms with Crippen molar-refractivity contribution in [3.8, 4) is 0 Å². The van der Waals surface area contributed by atoms with E-state index in [0.29, 0.717) is 6.54 Å². The Hall–Kier alpha value is -2.04. The molecule has 0 saturated heterocycles. The van der Waals surface area contributed by atoms with Crippen molar-refractivity contribution in [1.82, 2.24) is 5.32 Å². The molecular formula is C15H22N2O3. The van der Waals surface area contributed by atoms with Crippen LogP contribution in [0.4, 0.5) is 5.69 Å². The van der Waals surface area contributed by atoms with Crippen molar-refractivity contribution in [2.75, 3.05) is 25.6 Å². The third-order valence-electron chi connectivity index (χ3n) is 2.97. The van der Waals surface area contributed by atoms with Crippen molar-refractivity contribution in [3.05, 3.63) is 29.3 Å². The number of hydrogen-bond donors (Lipinski definition) is 1. The lowest BCUT2D eigenvalue weighted by molar-refractivity contribution is -0.144. The van der Waals surface area contributed by atoms with Gasteiger partial charge in [-0.15, -0.1) is 0 Å². The first kappa shape index (κ1) is 16.0. The van der Waals surface area contributed by atoms with E-state index in [9.17, 15) is 9.59 Å². The van der Waals surface area contributed by atoms with Crippen LogP contribution in [0.5, 0.6) is 0 Å². The number of carbonyl (C=O) groups is 2. The molecule has 110 valence electrons. The highest BCUT2D eigenvalue weighted by Gasteiger charge is 2.22. The average Bonchev–Trinajstić information content (AvgIpc) is 2.35. The lowest BCUT2D eigenvalue weighted by Crippen LogP contribution is -2.47. The summed E-state index contributed by atoms with van der Waals surface area (Å²) in [7, 11) is 3.19. The molecule has 5 nitrogen and oxygen atoms in total. The van der Waals surface area contributed by atoms with E-state index in [0.717, 1.165) is 16.8 Å². The van der Waals surface area contributed by atoms with Gasteiger partial charge in [0.1, 0.15) is 6.04 Å². The molecule has 1 aromatic rings. The Morgan fingerprint density at radius 1 is 1.25 bits per heavy atom. The molecule has 1 aromatic carbocycles. The van der Waals surface area contributed by atoms with Crippen LogP contribution in [0.15, 0.2) is 18.2 Å². The normalized spacial score (nSPS) is 11.7. The molecule has 1 rings (SSSR count). The van der Waals surface area contributed by atoms with Gasteiger partial charge in [-0.2, -0.15) is 0 Å². The standard InChI is InChI=1S/C15H22N2O3/c1-10-6-11(2)8-13(7-10)17(4)9-14(15(19)20-5)16-12(3)18/h6-8,14H,9H2,1-5H3,(H,16,18). The summed E-state index contributed by atoms with van der Waals surface area (Å²) in [5.74, 6) is -0.703. The summed E-state index contributed by atoms with van der Waals surface area (Å²) in [5.41, 5.74) is 3.31. The van der Waals surface area contributed by atoms with Crippen molar-refractivity contribution in [2.45, 2.75) is 26.8 Å². The van der Waals surface area contributed by atoms with Gasteiger partial charge in [0.2, 0.25) is 5.91 Å². The molecule has 1 atom stereocenters. The zero-order chi connectivity index (χ0) is 15.3. The van der Waals surface area contributed by atoms with Gasteiger partial charge in [-0.1, -0.05) is 6.07 Å². The van der Waals surface area contributed by atoms with Gasteiger partial charge in [-0.05, 0) is 37.1 Å². The van der Waals surface area contributed by atoms with Gasteiger partial charge in [0.25, 0.3) is 0 Å². The zero-order valence-electron chi connectivity index (χ0n) is 12.7. The maximum absolute atomic E-state index is 11.7. The Morgan fingerprint density at radius 2 is 1.80 bits per heavy atom. The van der Waals surface area contributed by atoms with Crippen molar-refractivity contribution in [3.63, 3.8) is 0 Å². The molecule has 0 heterocycles. The SMILES string of the molecule is COC(=O)C(CN(C)c1cc(C)cc(C)c1)NC(C)=O. The number of likely N-dealkylation sites (N-methyl/N-ethyl adjacent to an activating group) is 1. The molecule has 0 spiro atoms. The second-order valence-corrected chi connectivity index (χ2v) is 5.00. The first-order chi connectivity index (χ1) is 9.33. The molecule has 0 bridgehead atoms. The number of methoxy groups -OCH3 is 1. The minimum absolute atomic E-state index is 0.255. The fourth-order valence-electron chi connectivity index (χ4n) is 2.12. The van der Waals surface area contributed by atoms with Gasteiger partial charge in [-0.25, -0.2) is 4.79 Å². The van der Waals surface area contributed by atoms with Crippen LogP contribution in [0.1, 0.15) is 18.1 Å². The molecule has 1 N–H and O–H groups in total. The van der Waals surface area contributed by atoms with E-state index in [4.69, 9.17) is 4.74 Å². The molecule has 0 saturated carbocycles. The molecule has 0 fully saturated rings. The summed E-state index contributed by atoms with van der Waals surface area (Å²) >= 11 is 0. The van der Waals surface area contributed by atoms with Gasteiger partial charge in [0.05, 0.1) is 7.11 Å². The van der Waals surface area contributed by atoms with E-state index < -0.39 is 12.0 Å². The number of carbonyl (C=O) groups excluding carboxylic acids is 2. The Labute approximate surface area is 119 Å². The molecule has 0 aliphatic rings. The molecule has 0 aromatic heterocycles. The van der Waals surface area contributed by atoms with Gasteiger partial charge in [-0.3, -0.25) is 4.79 Å². The molecule has 1 amide bonds. The summed E-state index contributed by atoms with van der Waals surface area (Å²) in [6.45, 7) is 5.79. The molecule has 0 aliphatic heterocycles. The van der Waals surface area contributed by atoms with E-state index in [2.05, 4.69) is 11.4 Å². The Morgan fingerprint density at radius 3 is 2.25 bits per heavy atom. The Bertz CT molecular complexity index is 480. The van der Waals surface area contributed by atoms with Crippen molar-refractivity contribution >= 4 is 17.6 Å². The van der Waals surface area contributed by atoms with Crippen LogP contribution < -0.4 is 10.2 Å². The van der Waals surface area contributed by atoms with Crippen LogP contribution >= 0.6 is 0 Å². The summed E-state index contributed by atoms with van der Waals surface area (Å²) in [4.78, 5) is 24.8. The molecule has 5 heteroatoms. The summed E-state index contributed by atoms with van der Waals surface area (Å²) < 4.78 is 4.72. The second-order valence-electron chi connectivity index (χ2n) is 5.00. The number of amides is 1. The number of anilines is 1. The second kappa shape index (κ2) is 6.93. The topological polar surface area (TPSA) is 58.6 Å². The van der Waals surface area contributed by atoms with E-state index in [1.807, 2.05) is 37.9 Å². The summed E-state index contributed by atoms with van der Waals surface area (Å²) in [5, 5.41) is 2.61. The predicted molar refractivity (Wildman–Crippen MR) is 78.8 cm³/mol. The smallest absolute Gasteiger partial charge is 0.330 e. The third kappa shape index (κ3) is 4.57. The summed E-state index contributed by atoms with van der Waals surface area (Å²) in [6.07, 6.45) is 0. The van der Waals surface area contributed by atoms with Gasteiger partial charge < -0.3 is 15.0 Å². The highest BCUT2D eigenvalue weighted by molar-refractivity contribution is 5.83. The average molecular weight is 278 g/mol. The van der Waals surface area contributed by atoms with Gasteiger partial charge in [0.15, 0.2) is 0 Å². The van der Waals surface area contributed by atoms with Crippen LogP contribution in [-0.4, -0.2) is 38.6 Å². The Balaban J connectivity index is 2.86. The Kier molecular flexibility index (Phi) is 5.55. The van der Waals surface area contributed by atoms with E-state index in [-0.39, 0.29) is 5.91 Å². The molecular weight excluding hydrogens is 256 g/mol. The first-order valence-corrected chi connectivity index (χ1v) is 6.48. The van der Waals surface area contributed by atoms with Crippen LogP contribution in [0.2, 0.25) is 0 Å². The summed E-state index contributed by atoms with van der Waals surface area (Å²) in [6, 6.07) is 5.48. The van der Waals surface area contributed by atoms with Crippen LogP contribution in [0.25, 0.3) is 0 Å². The predicted octanol–water partition coefficient (Wildman–Crippen LogP) is 1.42. The van der Waals surface area contributed by atoms with Crippen LogP contribution in [-0.2, 0) is 14.3 Å². The number of nitrogens with one attached hydrogen (secondary N) is 1. The molecule has 0 radical (unpaired) electrons. The lowest BCUT2D eigenvalue weighted by atomic mass is 10.1. The van der Waals surface area contributed by atoms with Gasteiger partial charge in [0, 0.05) is 26.2 Å². The van der Waals surface area contributed by atoms with Crippen molar-refractivity contribution in [1.29, 1.82) is 0 Å². The maximum Gasteiger partial charge on any atom is 0.330 e. The highest BCUT2D eigenvalue weighted by Crippen LogP contribution is 2.17. The lowest BCUT2D eigenvalue weighted by Gasteiger charge is -2.25. The maximum atomic E-state index is 11.7. The number of rotatable bonds is 5. The van der Waals surface area contributed by atoms with E-state index in [1.54, 1.807) is 0 Å². The number of esters is 1. The monoisotopic (exact) mass is 278 g/mol. The van der Waals surface area contributed by atoms with E-state index in [1.165, 1.54) is 14.0 Å². The third-order valence-corrected chi connectivity index (χ3v) is 2.97. The van der Waals surface area contributed by atoms with E-state index >= 15 is 0 Å². The fraction of sp³-hybridized carbons (Fsp3) is 0.467. The van der Waals surface area contributed by atoms with Crippen LogP contribution in [0, 0.1) is 13.8 Å². The van der Waals surface area contributed by atoms with Crippen LogP contribution in [0.3, 0.4) is 0 Å². The molecule has 20 heavy (non-hydrogen) atoms. The minimum Gasteiger partial charge on any atom is -0.467 e. The molecule has 1 unspecified atom stereocenters. The number of aryl methyl sites for hydroxylation is 2. The largest absolute Gasteiger partial charge is 0.467 e. The first-order valence-electron chi connectivity index (χ1n) is 6.48. The fourth-order valence-corrected chi connectivity index (χ4v) is 2.12. The minimum atomic E-state index is -0.677.